The van der Waals surface area contributed by atoms with Gasteiger partial charge in [0.1, 0.15) is 12.7 Å². The molecule has 2 aromatic rings. The second kappa shape index (κ2) is 6.97. The lowest BCUT2D eigenvalue weighted by molar-refractivity contribution is -0.119. The first-order valence-corrected chi connectivity index (χ1v) is 8.31. The predicted molar refractivity (Wildman–Crippen MR) is 84.7 cm³/mol. The van der Waals surface area contributed by atoms with Gasteiger partial charge in [-0.2, -0.15) is 5.10 Å². The molecule has 0 bridgehead atoms. The molecule has 1 aliphatic heterocycles. The maximum atomic E-state index is 12.4. The minimum atomic E-state index is 0.0938. The van der Waals surface area contributed by atoms with Crippen LogP contribution in [-0.4, -0.2) is 57.2 Å². The van der Waals surface area contributed by atoms with E-state index in [-0.39, 0.29) is 5.91 Å². The normalized spacial score (nSPS) is 19.2. The van der Waals surface area contributed by atoms with Gasteiger partial charge in [-0.1, -0.05) is 0 Å². The van der Waals surface area contributed by atoms with Crippen LogP contribution in [0.1, 0.15) is 12.8 Å². The molecule has 0 saturated carbocycles. The Balaban J connectivity index is 1.52. The number of likely N-dealkylation sites (N-methyl/N-ethyl adjacent to an activating group) is 1. The van der Waals surface area contributed by atoms with Crippen LogP contribution in [0, 0.1) is 5.92 Å². The average molecular weight is 320 g/mol. The minimum absolute atomic E-state index is 0.0938. The first-order valence-electron chi connectivity index (χ1n) is 7.43. The van der Waals surface area contributed by atoms with Crippen molar-refractivity contribution in [2.45, 2.75) is 19.4 Å². The molecule has 118 valence electrons. The number of amides is 1. The van der Waals surface area contributed by atoms with E-state index in [4.69, 9.17) is 0 Å². The van der Waals surface area contributed by atoms with E-state index < -0.39 is 0 Å². The van der Waals surface area contributed by atoms with E-state index in [1.807, 2.05) is 10.1 Å². The zero-order chi connectivity index (χ0) is 15.4. The van der Waals surface area contributed by atoms with Crippen molar-refractivity contribution < 1.29 is 4.79 Å². The number of thiazole rings is 1. The largest absolute Gasteiger partial charge is 0.294 e. The monoisotopic (exact) mass is 320 g/mol. The van der Waals surface area contributed by atoms with Gasteiger partial charge in [-0.15, -0.1) is 11.3 Å². The first kappa shape index (κ1) is 15.1. The Bertz CT molecular complexity index is 585. The molecule has 22 heavy (non-hydrogen) atoms. The molecule has 1 atom stereocenters. The Labute approximate surface area is 133 Å². The molecule has 2 aromatic heterocycles. The first-order chi connectivity index (χ1) is 10.7. The van der Waals surface area contributed by atoms with E-state index in [1.165, 1.54) is 17.8 Å². The summed E-state index contributed by atoms with van der Waals surface area (Å²) in [5, 5.41) is 6.80. The number of hydrogen-bond acceptors (Lipinski definition) is 6. The molecule has 0 spiro atoms. The quantitative estimate of drug-likeness (QED) is 0.825. The van der Waals surface area contributed by atoms with Crippen LogP contribution >= 0.6 is 11.3 Å². The Morgan fingerprint density at radius 3 is 3.18 bits per heavy atom. The van der Waals surface area contributed by atoms with Gasteiger partial charge in [0.15, 0.2) is 5.13 Å². The van der Waals surface area contributed by atoms with Gasteiger partial charge in [-0.25, -0.2) is 9.97 Å². The highest BCUT2D eigenvalue weighted by Crippen LogP contribution is 2.19. The number of hydrogen-bond donors (Lipinski definition) is 0. The lowest BCUT2D eigenvalue weighted by Gasteiger charge is -2.32. The van der Waals surface area contributed by atoms with Gasteiger partial charge < -0.3 is 0 Å². The maximum Gasteiger partial charge on any atom is 0.242 e. The number of carbonyl (C=O) groups is 1. The lowest BCUT2D eigenvalue weighted by atomic mass is 9.98. The van der Waals surface area contributed by atoms with Crippen LogP contribution in [-0.2, 0) is 11.3 Å². The summed E-state index contributed by atoms with van der Waals surface area (Å²) in [6, 6.07) is 0. The highest BCUT2D eigenvalue weighted by Gasteiger charge is 2.24. The second-order valence-electron chi connectivity index (χ2n) is 5.63. The predicted octanol–water partition coefficient (Wildman–Crippen LogP) is 1.11. The molecule has 0 radical (unpaired) electrons. The molecule has 1 aliphatic rings. The summed E-state index contributed by atoms with van der Waals surface area (Å²) in [6.45, 7) is 3.22. The van der Waals surface area contributed by atoms with E-state index in [2.05, 4.69) is 20.0 Å². The van der Waals surface area contributed by atoms with Crippen molar-refractivity contribution in [1.29, 1.82) is 0 Å². The highest BCUT2D eigenvalue weighted by atomic mass is 32.1. The van der Waals surface area contributed by atoms with E-state index in [0.29, 0.717) is 12.5 Å². The van der Waals surface area contributed by atoms with E-state index in [9.17, 15) is 4.79 Å². The van der Waals surface area contributed by atoms with E-state index >= 15 is 0 Å². The molecule has 0 aliphatic carbocycles. The van der Waals surface area contributed by atoms with Crippen LogP contribution in [0.4, 0.5) is 5.13 Å². The summed E-state index contributed by atoms with van der Waals surface area (Å²) in [7, 11) is 1.79. The molecular formula is C14H20N6OS. The van der Waals surface area contributed by atoms with Crippen molar-refractivity contribution in [3.63, 3.8) is 0 Å². The second-order valence-corrected chi connectivity index (χ2v) is 6.50. The van der Waals surface area contributed by atoms with Crippen molar-refractivity contribution in [2.75, 3.05) is 31.6 Å². The smallest absolute Gasteiger partial charge is 0.242 e. The van der Waals surface area contributed by atoms with Gasteiger partial charge in [-0.3, -0.25) is 19.3 Å². The van der Waals surface area contributed by atoms with Crippen molar-refractivity contribution in [3.05, 3.63) is 24.2 Å². The average Bonchev–Trinajstić information content (AvgIpc) is 3.20. The maximum absolute atomic E-state index is 12.4. The summed E-state index contributed by atoms with van der Waals surface area (Å²) in [6.07, 6.45) is 7.33. The Kier molecular flexibility index (Phi) is 4.79. The van der Waals surface area contributed by atoms with Crippen LogP contribution in [0.3, 0.4) is 0 Å². The topological polar surface area (TPSA) is 67.2 Å². The molecular weight excluding hydrogens is 300 g/mol. The Hall–Kier alpha value is -1.80. The molecule has 3 rings (SSSR count). The number of anilines is 1. The van der Waals surface area contributed by atoms with Crippen LogP contribution in [0.25, 0.3) is 0 Å². The summed E-state index contributed by atoms with van der Waals surface area (Å²) < 4.78 is 1.87. The van der Waals surface area contributed by atoms with E-state index in [0.717, 1.165) is 31.2 Å². The minimum Gasteiger partial charge on any atom is -0.294 e. The van der Waals surface area contributed by atoms with Gasteiger partial charge in [0.05, 0.1) is 6.54 Å². The third-order valence-corrected chi connectivity index (χ3v) is 4.80. The van der Waals surface area contributed by atoms with Gasteiger partial charge in [0.25, 0.3) is 0 Å². The number of carbonyl (C=O) groups excluding carboxylic acids is 1. The van der Waals surface area contributed by atoms with Crippen molar-refractivity contribution in [2.24, 2.45) is 5.92 Å². The molecule has 1 amide bonds. The summed E-state index contributed by atoms with van der Waals surface area (Å²) in [5.74, 6) is 0.616. The number of piperidine rings is 1. The van der Waals surface area contributed by atoms with Crippen molar-refractivity contribution >= 4 is 22.4 Å². The summed E-state index contributed by atoms with van der Waals surface area (Å²) in [5.41, 5.74) is 0. The molecule has 0 aromatic carbocycles. The molecule has 8 heteroatoms. The zero-order valence-corrected chi connectivity index (χ0v) is 13.4. The van der Waals surface area contributed by atoms with E-state index in [1.54, 1.807) is 30.8 Å². The highest BCUT2D eigenvalue weighted by molar-refractivity contribution is 7.13. The lowest BCUT2D eigenvalue weighted by Crippen LogP contribution is -2.44. The van der Waals surface area contributed by atoms with Gasteiger partial charge in [-0.05, 0) is 25.3 Å². The Morgan fingerprint density at radius 1 is 1.55 bits per heavy atom. The van der Waals surface area contributed by atoms with Crippen LogP contribution in [0.15, 0.2) is 24.2 Å². The van der Waals surface area contributed by atoms with Crippen molar-refractivity contribution in [1.82, 2.24) is 24.6 Å². The van der Waals surface area contributed by atoms with Gasteiger partial charge in [0, 0.05) is 31.7 Å². The standard InChI is InChI=1S/C14H20N6OS/c1-18(14-16-4-6-22-14)13(21)9-19-5-2-3-12(7-19)8-20-11-15-10-17-20/h4,6,10-12H,2-3,5,7-9H2,1H3. The molecule has 0 N–H and O–H groups in total. The molecule has 7 nitrogen and oxygen atoms in total. The van der Waals surface area contributed by atoms with Gasteiger partial charge >= 0.3 is 0 Å². The van der Waals surface area contributed by atoms with Crippen molar-refractivity contribution in [3.8, 4) is 0 Å². The van der Waals surface area contributed by atoms with Crippen LogP contribution in [0.5, 0.6) is 0 Å². The third kappa shape index (κ3) is 3.69. The number of aromatic nitrogens is 4. The SMILES string of the molecule is CN(C(=O)CN1CCCC(Cn2cncn2)C1)c1nccs1. The fourth-order valence-corrected chi connectivity index (χ4v) is 3.45. The number of rotatable bonds is 5. The number of likely N-dealkylation sites (tertiary alicyclic amines) is 1. The van der Waals surface area contributed by atoms with Crippen LogP contribution < -0.4 is 4.90 Å². The molecule has 1 fully saturated rings. The zero-order valence-electron chi connectivity index (χ0n) is 12.6. The molecule has 3 heterocycles. The fraction of sp³-hybridized carbons (Fsp3) is 0.571. The summed E-state index contributed by atoms with van der Waals surface area (Å²) >= 11 is 1.48. The summed E-state index contributed by atoms with van der Waals surface area (Å²) in [4.78, 5) is 24.4. The third-order valence-electron chi connectivity index (χ3n) is 3.95. The van der Waals surface area contributed by atoms with Gasteiger partial charge in [0.2, 0.25) is 5.91 Å². The Morgan fingerprint density at radius 2 is 2.45 bits per heavy atom. The van der Waals surface area contributed by atoms with Crippen LogP contribution in [0.2, 0.25) is 0 Å². The fourth-order valence-electron chi connectivity index (χ4n) is 2.82. The number of nitrogens with zero attached hydrogens (tertiary/aromatic N) is 6. The molecule has 1 saturated heterocycles. The molecule has 1 unspecified atom stereocenters.